The summed E-state index contributed by atoms with van der Waals surface area (Å²) < 4.78 is 1.78. The Morgan fingerprint density at radius 2 is 2.00 bits per heavy atom. The van der Waals surface area contributed by atoms with E-state index in [1.54, 1.807) is 10.7 Å². The van der Waals surface area contributed by atoms with E-state index in [-0.39, 0.29) is 11.8 Å². The van der Waals surface area contributed by atoms with Gasteiger partial charge in [0.25, 0.3) is 11.7 Å². The summed E-state index contributed by atoms with van der Waals surface area (Å²) in [6.07, 6.45) is 5.00. The normalized spacial score (nSPS) is 17.3. The lowest BCUT2D eigenvalue weighted by molar-refractivity contribution is 0.0699. The molecular formula is C20H19N7O. The highest BCUT2D eigenvalue weighted by Crippen LogP contribution is 2.28. The van der Waals surface area contributed by atoms with Crippen LogP contribution in [0, 0.1) is 6.92 Å². The highest BCUT2D eigenvalue weighted by atomic mass is 16.2. The molecule has 8 heteroatoms. The molecule has 4 heterocycles. The lowest BCUT2D eigenvalue weighted by Crippen LogP contribution is -2.40. The van der Waals surface area contributed by atoms with Gasteiger partial charge in [0.1, 0.15) is 12.0 Å². The van der Waals surface area contributed by atoms with Crippen molar-refractivity contribution in [2.24, 2.45) is 0 Å². The van der Waals surface area contributed by atoms with E-state index in [2.05, 4.69) is 25.0 Å². The number of rotatable bonds is 2. The van der Waals surface area contributed by atoms with Crippen LogP contribution in [-0.4, -0.2) is 53.4 Å². The number of amides is 1. The minimum absolute atomic E-state index is 0.0800. The van der Waals surface area contributed by atoms with Gasteiger partial charge in [-0.15, -0.1) is 0 Å². The Morgan fingerprint density at radius 3 is 2.89 bits per heavy atom. The molecule has 1 amide bonds. The number of aryl methyl sites for hydroxylation is 1. The van der Waals surface area contributed by atoms with Gasteiger partial charge < -0.3 is 4.90 Å². The van der Waals surface area contributed by atoms with Crippen LogP contribution in [0.2, 0.25) is 0 Å². The molecular weight excluding hydrogens is 354 g/mol. The predicted octanol–water partition coefficient (Wildman–Crippen LogP) is 2.40. The van der Waals surface area contributed by atoms with Crippen LogP contribution in [0.1, 0.15) is 40.6 Å². The maximum absolute atomic E-state index is 13.1. The Hall–Kier alpha value is -3.42. The van der Waals surface area contributed by atoms with Crippen molar-refractivity contribution < 1.29 is 4.79 Å². The third kappa shape index (κ3) is 2.87. The Bertz CT molecular complexity index is 1190. The van der Waals surface area contributed by atoms with Gasteiger partial charge in [-0.1, -0.05) is 12.1 Å². The smallest absolute Gasteiger partial charge is 0.274 e. The zero-order valence-corrected chi connectivity index (χ0v) is 15.5. The average molecular weight is 373 g/mol. The van der Waals surface area contributed by atoms with Gasteiger partial charge in [0, 0.05) is 24.7 Å². The highest BCUT2D eigenvalue weighted by Gasteiger charge is 2.28. The SMILES string of the molecule is Cc1cc(C2CCCN(C(=O)c3cnc4ccccc4n3)C2)n2ncnc2n1. The van der Waals surface area contributed by atoms with Gasteiger partial charge in [0.15, 0.2) is 0 Å². The van der Waals surface area contributed by atoms with E-state index in [1.165, 1.54) is 6.33 Å². The second kappa shape index (κ2) is 6.63. The first-order chi connectivity index (χ1) is 13.7. The number of benzene rings is 1. The van der Waals surface area contributed by atoms with E-state index in [4.69, 9.17) is 0 Å². The molecule has 0 radical (unpaired) electrons. The third-order valence-electron chi connectivity index (χ3n) is 5.20. The van der Waals surface area contributed by atoms with E-state index in [0.717, 1.165) is 35.3 Å². The molecule has 0 saturated carbocycles. The molecule has 1 aromatic carbocycles. The molecule has 1 aliphatic rings. The second-order valence-corrected chi connectivity index (χ2v) is 7.13. The number of piperidine rings is 1. The molecule has 0 aliphatic carbocycles. The number of nitrogens with zero attached hydrogens (tertiary/aromatic N) is 7. The summed E-state index contributed by atoms with van der Waals surface area (Å²) in [6, 6.07) is 9.62. The van der Waals surface area contributed by atoms with Crippen LogP contribution >= 0.6 is 0 Å². The molecule has 8 nitrogen and oxygen atoms in total. The molecule has 3 aromatic heterocycles. The molecule has 0 bridgehead atoms. The van der Waals surface area contributed by atoms with Crippen molar-refractivity contribution in [2.45, 2.75) is 25.7 Å². The van der Waals surface area contributed by atoms with Gasteiger partial charge in [0.05, 0.1) is 22.9 Å². The summed E-state index contributed by atoms with van der Waals surface area (Å²) >= 11 is 0. The highest BCUT2D eigenvalue weighted by molar-refractivity contribution is 5.93. The first-order valence-corrected chi connectivity index (χ1v) is 9.37. The molecule has 1 fully saturated rings. The van der Waals surface area contributed by atoms with Crippen LogP contribution in [0.3, 0.4) is 0 Å². The van der Waals surface area contributed by atoms with Gasteiger partial charge in [0.2, 0.25) is 0 Å². The Balaban J connectivity index is 1.44. The van der Waals surface area contributed by atoms with Crippen LogP contribution in [0.15, 0.2) is 42.9 Å². The summed E-state index contributed by atoms with van der Waals surface area (Å²) in [6.45, 7) is 3.29. The molecule has 1 unspecified atom stereocenters. The van der Waals surface area contributed by atoms with Crippen LogP contribution < -0.4 is 0 Å². The summed E-state index contributed by atoms with van der Waals surface area (Å²) in [5.41, 5.74) is 3.85. The number of fused-ring (bicyclic) bond motifs is 2. The second-order valence-electron chi connectivity index (χ2n) is 7.13. The number of hydrogen-bond acceptors (Lipinski definition) is 6. The third-order valence-corrected chi connectivity index (χ3v) is 5.20. The molecule has 1 atom stereocenters. The zero-order valence-electron chi connectivity index (χ0n) is 15.5. The van der Waals surface area contributed by atoms with Crippen molar-refractivity contribution >= 4 is 22.7 Å². The van der Waals surface area contributed by atoms with Gasteiger partial charge in [-0.3, -0.25) is 9.78 Å². The topological polar surface area (TPSA) is 89.2 Å². The predicted molar refractivity (Wildman–Crippen MR) is 103 cm³/mol. The van der Waals surface area contributed by atoms with E-state index in [9.17, 15) is 4.79 Å². The Kier molecular flexibility index (Phi) is 3.96. The van der Waals surface area contributed by atoms with Crippen molar-refractivity contribution in [3.8, 4) is 0 Å². The van der Waals surface area contributed by atoms with Crippen LogP contribution in [-0.2, 0) is 0 Å². The fourth-order valence-electron chi connectivity index (χ4n) is 3.88. The number of aromatic nitrogens is 6. The molecule has 140 valence electrons. The number of para-hydroxylation sites is 2. The number of likely N-dealkylation sites (tertiary alicyclic amines) is 1. The molecule has 0 N–H and O–H groups in total. The summed E-state index contributed by atoms with van der Waals surface area (Å²) in [4.78, 5) is 32.5. The first-order valence-electron chi connectivity index (χ1n) is 9.37. The quantitative estimate of drug-likeness (QED) is 0.536. The lowest BCUT2D eigenvalue weighted by atomic mass is 9.94. The van der Waals surface area contributed by atoms with Crippen molar-refractivity contribution in [1.29, 1.82) is 0 Å². The number of carbonyl (C=O) groups is 1. The van der Waals surface area contributed by atoms with Crippen molar-refractivity contribution in [2.75, 3.05) is 13.1 Å². The van der Waals surface area contributed by atoms with Crippen LogP contribution in [0.5, 0.6) is 0 Å². The zero-order chi connectivity index (χ0) is 19.1. The number of carbonyl (C=O) groups excluding carboxylic acids is 1. The van der Waals surface area contributed by atoms with Crippen molar-refractivity contribution in [1.82, 2.24) is 34.4 Å². The van der Waals surface area contributed by atoms with Gasteiger partial charge >= 0.3 is 0 Å². The Labute approximate surface area is 161 Å². The van der Waals surface area contributed by atoms with Crippen LogP contribution in [0.4, 0.5) is 0 Å². The average Bonchev–Trinajstić information content (AvgIpc) is 3.20. The lowest BCUT2D eigenvalue weighted by Gasteiger charge is -2.32. The van der Waals surface area contributed by atoms with Gasteiger partial charge in [-0.25, -0.2) is 14.5 Å². The maximum Gasteiger partial charge on any atom is 0.274 e. The minimum Gasteiger partial charge on any atom is -0.337 e. The van der Waals surface area contributed by atoms with Gasteiger partial charge in [-0.2, -0.15) is 10.1 Å². The summed E-state index contributed by atoms with van der Waals surface area (Å²) in [5, 5.41) is 4.31. The molecule has 0 spiro atoms. The number of hydrogen-bond donors (Lipinski definition) is 0. The first kappa shape index (κ1) is 16.7. The minimum atomic E-state index is -0.0800. The molecule has 5 rings (SSSR count). The summed E-state index contributed by atoms with van der Waals surface area (Å²) in [5.74, 6) is 0.694. The largest absolute Gasteiger partial charge is 0.337 e. The van der Waals surface area contributed by atoms with Crippen molar-refractivity contribution in [3.05, 3.63) is 59.9 Å². The van der Waals surface area contributed by atoms with E-state index in [0.29, 0.717) is 24.6 Å². The molecule has 1 saturated heterocycles. The monoisotopic (exact) mass is 373 g/mol. The molecule has 1 aliphatic heterocycles. The fourth-order valence-corrected chi connectivity index (χ4v) is 3.88. The van der Waals surface area contributed by atoms with E-state index >= 15 is 0 Å². The summed E-state index contributed by atoms with van der Waals surface area (Å²) in [7, 11) is 0. The maximum atomic E-state index is 13.1. The van der Waals surface area contributed by atoms with Crippen LogP contribution in [0.25, 0.3) is 16.8 Å². The fraction of sp³-hybridized carbons (Fsp3) is 0.300. The molecule has 4 aromatic rings. The van der Waals surface area contributed by atoms with E-state index < -0.39 is 0 Å². The van der Waals surface area contributed by atoms with Crippen molar-refractivity contribution in [3.63, 3.8) is 0 Å². The molecule has 28 heavy (non-hydrogen) atoms. The van der Waals surface area contributed by atoms with E-state index in [1.807, 2.05) is 42.2 Å². The van der Waals surface area contributed by atoms with Gasteiger partial charge in [-0.05, 0) is 38.0 Å². The Morgan fingerprint density at radius 1 is 1.14 bits per heavy atom. The standard InChI is InChI=1S/C20H19N7O/c1-13-9-18(27-20(24-13)22-12-23-27)14-5-4-8-26(11-14)19(28)17-10-21-15-6-2-3-7-16(15)25-17/h2-3,6-7,9-10,12,14H,4-5,8,11H2,1H3.